The predicted octanol–water partition coefficient (Wildman–Crippen LogP) is 4.71. The maximum atomic E-state index is 12.3. The Kier molecular flexibility index (Phi) is 8.15. The minimum Gasteiger partial charge on any atom is -0.481 e. The molecule has 0 aliphatic heterocycles. The van der Waals surface area contributed by atoms with Gasteiger partial charge in [-0.25, -0.2) is 0 Å². The van der Waals surface area contributed by atoms with Gasteiger partial charge in [-0.05, 0) is 62.8 Å². The molecule has 0 bridgehead atoms. The number of hydrogen-bond acceptors (Lipinski definition) is 2. The maximum absolute atomic E-state index is 12.3. The molecule has 23 heavy (non-hydrogen) atoms. The minimum absolute atomic E-state index is 0.0292. The first-order chi connectivity index (χ1) is 10.9. The molecule has 0 heterocycles. The lowest BCUT2D eigenvalue weighted by molar-refractivity contribution is -0.127. The highest BCUT2D eigenvalue weighted by atomic mass is 16.5. The summed E-state index contributed by atoms with van der Waals surface area (Å²) in [5, 5.41) is 3.05. The van der Waals surface area contributed by atoms with Gasteiger partial charge in [0.25, 0.3) is 5.91 Å². The molecular weight excluding hydrogens is 286 g/mol. The predicted molar refractivity (Wildman–Crippen MR) is 97.1 cm³/mol. The zero-order valence-electron chi connectivity index (χ0n) is 15.7. The highest BCUT2D eigenvalue weighted by molar-refractivity contribution is 5.80. The third kappa shape index (κ3) is 6.25. The molecule has 0 aliphatic rings. The Morgan fingerprint density at radius 2 is 1.91 bits per heavy atom. The van der Waals surface area contributed by atoms with E-state index in [4.69, 9.17) is 4.74 Å². The summed E-state index contributed by atoms with van der Waals surface area (Å²) in [7, 11) is 0. The number of ether oxygens (including phenoxy) is 1. The number of benzene rings is 1. The lowest BCUT2D eigenvalue weighted by Crippen LogP contribution is -2.39. The molecule has 1 aromatic carbocycles. The van der Waals surface area contributed by atoms with Gasteiger partial charge in [0.2, 0.25) is 0 Å². The molecule has 1 N–H and O–H groups in total. The second-order valence-electron chi connectivity index (χ2n) is 6.63. The Morgan fingerprint density at radius 1 is 1.22 bits per heavy atom. The normalized spacial score (nSPS) is 13.5. The molecule has 3 nitrogen and oxygen atoms in total. The highest BCUT2D eigenvalue weighted by Gasteiger charge is 2.17. The molecule has 0 radical (unpaired) electrons. The fraction of sp³-hybridized carbons (Fsp3) is 0.650. The van der Waals surface area contributed by atoms with Crippen LogP contribution in [0.2, 0.25) is 0 Å². The third-order valence-corrected chi connectivity index (χ3v) is 4.55. The van der Waals surface area contributed by atoms with E-state index in [1.807, 2.05) is 26.8 Å². The Bertz CT molecular complexity index is 511. The number of carbonyl (C=O) groups excluding carboxylic acids is 1. The second kappa shape index (κ2) is 9.59. The smallest absolute Gasteiger partial charge is 0.260 e. The molecule has 0 saturated heterocycles. The van der Waals surface area contributed by atoms with Gasteiger partial charge < -0.3 is 10.1 Å². The molecule has 0 spiro atoms. The van der Waals surface area contributed by atoms with Crippen molar-refractivity contribution in [3.8, 4) is 5.75 Å². The van der Waals surface area contributed by atoms with Crippen LogP contribution in [0, 0.1) is 26.7 Å². The van der Waals surface area contributed by atoms with Crippen LogP contribution < -0.4 is 10.1 Å². The fourth-order valence-corrected chi connectivity index (χ4v) is 2.70. The van der Waals surface area contributed by atoms with E-state index in [-0.39, 0.29) is 5.91 Å². The van der Waals surface area contributed by atoms with Crippen molar-refractivity contribution in [2.45, 2.75) is 73.3 Å². The highest BCUT2D eigenvalue weighted by Crippen LogP contribution is 2.24. The molecule has 1 amide bonds. The Hall–Kier alpha value is -1.51. The zero-order valence-corrected chi connectivity index (χ0v) is 15.7. The van der Waals surface area contributed by atoms with Crippen molar-refractivity contribution in [2.24, 2.45) is 5.92 Å². The van der Waals surface area contributed by atoms with Crippen LogP contribution in [0.3, 0.4) is 0 Å². The molecule has 1 aromatic rings. The van der Waals surface area contributed by atoms with Crippen LogP contribution in [0.4, 0.5) is 0 Å². The quantitative estimate of drug-likeness (QED) is 0.715. The minimum atomic E-state index is -0.474. The molecule has 0 saturated carbocycles. The molecule has 0 aromatic heterocycles. The Morgan fingerprint density at radius 3 is 2.52 bits per heavy atom. The average molecular weight is 319 g/mol. The fourth-order valence-electron chi connectivity index (χ4n) is 2.70. The molecule has 130 valence electrons. The summed E-state index contributed by atoms with van der Waals surface area (Å²) in [6.45, 7) is 13.1. The van der Waals surface area contributed by atoms with Gasteiger partial charge in [0.15, 0.2) is 6.10 Å². The lowest BCUT2D eigenvalue weighted by atomic mass is 9.99. The number of unbranched alkanes of at least 4 members (excludes halogenated alkanes) is 1. The van der Waals surface area contributed by atoms with Gasteiger partial charge >= 0.3 is 0 Å². The molecule has 2 atom stereocenters. The SMILES string of the molecule is CCCCC(CC)CNC(=O)C(C)Oc1cc(C)cc(C)c1C. The van der Waals surface area contributed by atoms with Crippen molar-refractivity contribution in [1.82, 2.24) is 5.32 Å². The Balaban J connectivity index is 2.57. The van der Waals surface area contributed by atoms with E-state index in [1.54, 1.807) is 0 Å². The first-order valence-corrected chi connectivity index (χ1v) is 8.91. The lowest BCUT2D eigenvalue weighted by Gasteiger charge is -2.20. The van der Waals surface area contributed by atoms with E-state index in [2.05, 4.69) is 32.2 Å². The molecule has 0 aliphatic carbocycles. The first-order valence-electron chi connectivity index (χ1n) is 8.91. The number of amides is 1. The largest absolute Gasteiger partial charge is 0.481 e. The zero-order chi connectivity index (χ0) is 17.4. The van der Waals surface area contributed by atoms with Crippen molar-refractivity contribution in [2.75, 3.05) is 6.54 Å². The summed E-state index contributed by atoms with van der Waals surface area (Å²) in [6, 6.07) is 4.13. The maximum Gasteiger partial charge on any atom is 0.260 e. The van der Waals surface area contributed by atoms with Crippen molar-refractivity contribution in [3.63, 3.8) is 0 Å². The van der Waals surface area contributed by atoms with E-state index in [9.17, 15) is 4.79 Å². The van der Waals surface area contributed by atoms with Crippen LogP contribution in [0.25, 0.3) is 0 Å². The van der Waals surface area contributed by atoms with Crippen LogP contribution in [-0.2, 0) is 4.79 Å². The van der Waals surface area contributed by atoms with Crippen molar-refractivity contribution >= 4 is 5.91 Å². The summed E-state index contributed by atoms with van der Waals surface area (Å²) in [5.74, 6) is 1.34. The van der Waals surface area contributed by atoms with E-state index < -0.39 is 6.10 Å². The van der Waals surface area contributed by atoms with Crippen LogP contribution in [0.1, 0.15) is 63.1 Å². The molecule has 0 fully saturated rings. The molecular formula is C20H33NO2. The number of aryl methyl sites for hydroxylation is 2. The van der Waals surface area contributed by atoms with E-state index in [1.165, 1.54) is 24.8 Å². The van der Waals surface area contributed by atoms with E-state index in [0.29, 0.717) is 5.92 Å². The summed E-state index contributed by atoms with van der Waals surface area (Å²) < 4.78 is 5.90. The Labute approximate surface area is 141 Å². The van der Waals surface area contributed by atoms with Crippen LogP contribution in [0.5, 0.6) is 5.75 Å². The van der Waals surface area contributed by atoms with Gasteiger partial charge in [-0.2, -0.15) is 0 Å². The first kappa shape index (κ1) is 19.5. The van der Waals surface area contributed by atoms with Gasteiger partial charge in [0.1, 0.15) is 5.75 Å². The summed E-state index contributed by atoms with van der Waals surface area (Å²) in [6.07, 6.45) is 4.24. The number of carbonyl (C=O) groups is 1. The van der Waals surface area contributed by atoms with Gasteiger partial charge in [-0.15, -0.1) is 0 Å². The van der Waals surface area contributed by atoms with Crippen LogP contribution in [0.15, 0.2) is 12.1 Å². The summed E-state index contributed by atoms with van der Waals surface area (Å²) in [5.41, 5.74) is 3.45. The van der Waals surface area contributed by atoms with E-state index >= 15 is 0 Å². The van der Waals surface area contributed by atoms with E-state index in [0.717, 1.165) is 29.8 Å². The standard InChI is InChI=1S/C20H33NO2/c1-7-9-10-18(8-2)13-21-20(22)17(6)23-19-12-14(3)11-15(4)16(19)5/h11-12,17-18H,7-10,13H2,1-6H3,(H,21,22). The molecule has 1 rings (SSSR count). The number of rotatable bonds is 9. The average Bonchev–Trinajstić information content (AvgIpc) is 2.51. The molecule has 3 heteroatoms. The van der Waals surface area contributed by atoms with Crippen molar-refractivity contribution in [3.05, 3.63) is 28.8 Å². The van der Waals surface area contributed by atoms with Crippen LogP contribution >= 0.6 is 0 Å². The van der Waals surface area contributed by atoms with Gasteiger partial charge in [-0.3, -0.25) is 4.79 Å². The second-order valence-corrected chi connectivity index (χ2v) is 6.63. The summed E-state index contributed by atoms with van der Waals surface area (Å²) >= 11 is 0. The molecule has 2 unspecified atom stereocenters. The van der Waals surface area contributed by atoms with Crippen LogP contribution in [-0.4, -0.2) is 18.6 Å². The number of nitrogens with one attached hydrogen (secondary N) is 1. The van der Waals surface area contributed by atoms with Crippen molar-refractivity contribution in [1.29, 1.82) is 0 Å². The van der Waals surface area contributed by atoms with Gasteiger partial charge in [0, 0.05) is 6.54 Å². The summed E-state index contributed by atoms with van der Waals surface area (Å²) in [4.78, 5) is 12.3. The van der Waals surface area contributed by atoms with Gasteiger partial charge in [-0.1, -0.05) is 39.2 Å². The third-order valence-electron chi connectivity index (χ3n) is 4.55. The monoisotopic (exact) mass is 319 g/mol. The van der Waals surface area contributed by atoms with Gasteiger partial charge in [0.05, 0.1) is 0 Å². The number of hydrogen-bond donors (Lipinski definition) is 1. The topological polar surface area (TPSA) is 38.3 Å². The van der Waals surface area contributed by atoms with Crippen molar-refractivity contribution < 1.29 is 9.53 Å².